The first-order chi connectivity index (χ1) is 11.8. The van der Waals surface area contributed by atoms with Gasteiger partial charge >= 0.3 is 0 Å². The minimum absolute atomic E-state index is 0. The molecular weight excluding hydrogens is 380 g/mol. The second-order valence-electron chi connectivity index (χ2n) is 5.38. The minimum atomic E-state index is -0.0159. The summed E-state index contributed by atoms with van der Waals surface area (Å²) in [5.74, 6) is 0. The average Bonchev–Trinajstić information content (AvgIpc) is 2.58. The van der Waals surface area contributed by atoms with Gasteiger partial charge in [0.2, 0.25) is 10.2 Å². The molecule has 0 fully saturated rings. The minimum Gasteiger partial charge on any atom is -0.282 e. The van der Waals surface area contributed by atoms with Crippen molar-refractivity contribution in [1.29, 1.82) is 0 Å². The third-order valence-corrected chi connectivity index (χ3v) is 6.10. The fourth-order valence-corrected chi connectivity index (χ4v) is 3.81. The molecule has 0 heterocycles. The van der Waals surface area contributed by atoms with Crippen LogP contribution in [-0.2, 0) is 9.59 Å². The summed E-state index contributed by atoms with van der Waals surface area (Å²) in [7, 11) is 0. The number of carbonyl (C=O) groups is 2. The first-order valence-corrected chi connectivity index (χ1v) is 9.93. The summed E-state index contributed by atoms with van der Waals surface area (Å²) in [5.41, 5.74) is 1.10. The van der Waals surface area contributed by atoms with Crippen LogP contribution in [0.5, 0.6) is 0 Å². The summed E-state index contributed by atoms with van der Waals surface area (Å²) in [4.78, 5) is 27.3. The molecule has 0 bridgehead atoms. The molecule has 0 unspecified atom stereocenters. The molecule has 0 aliphatic rings. The van der Waals surface area contributed by atoms with Gasteiger partial charge in [-0.3, -0.25) is 9.59 Å². The van der Waals surface area contributed by atoms with Crippen molar-refractivity contribution in [3.63, 3.8) is 0 Å². The second kappa shape index (κ2) is 10.5. The zero-order valence-corrected chi connectivity index (χ0v) is 16.5. The summed E-state index contributed by atoms with van der Waals surface area (Å²) in [6.45, 7) is 10.7. The second-order valence-corrected chi connectivity index (χ2v) is 8.62. The SMILES string of the molecule is C.C=C(C)C(=O)Sc1ccc(Sc2ccc(SC(=O)C(=C)C)cc2)cc1. The van der Waals surface area contributed by atoms with E-state index in [9.17, 15) is 9.59 Å². The highest BCUT2D eigenvalue weighted by atomic mass is 32.2. The molecule has 2 nitrogen and oxygen atoms in total. The molecule has 0 spiro atoms. The maximum Gasteiger partial charge on any atom is 0.219 e. The Balaban J connectivity index is 0.00000338. The molecule has 0 aliphatic carbocycles. The predicted octanol–water partition coefficient (Wildman–Crippen LogP) is 6.86. The lowest BCUT2D eigenvalue weighted by molar-refractivity contribution is -0.108. The van der Waals surface area contributed by atoms with Gasteiger partial charge in [-0.25, -0.2) is 0 Å². The van der Waals surface area contributed by atoms with Gasteiger partial charge in [0.05, 0.1) is 0 Å². The molecule has 0 amide bonds. The third-order valence-electron chi connectivity index (χ3n) is 3.00. The van der Waals surface area contributed by atoms with Crippen molar-refractivity contribution in [2.75, 3.05) is 0 Å². The number of thioether (sulfide) groups is 2. The van der Waals surface area contributed by atoms with Crippen LogP contribution in [0.15, 0.2) is 92.4 Å². The van der Waals surface area contributed by atoms with Crippen LogP contribution >= 0.6 is 35.3 Å². The summed E-state index contributed by atoms with van der Waals surface area (Å²) < 4.78 is 0. The Morgan fingerprint density at radius 3 is 1.19 bits per heavy atom. The van der Waals surface area contributed by atoms with Crippen LogP contribution < -0.4 is 0 Å². The Morgan fingerprint density at radius 1 is 0.654 bits per heavy atom. The molecule has 0 N–H and O–H groups in total. The molecular formula is C21H22O2S3. The molecule has 2 rings (SSSR count). The lowest BCUT2D eigenvalue weighted by Gasteiger charge is -2.05. The van der Waals surface area contributed by atoms with Crippen molar-refractivity contribution in [3.8, 4) is 0 Å². The number of carbonyl (C=O) groups excluding carboxylic acids is 2. The lowest BCUT2D eigenvalue weighted by Crippen LogP contribution is -1.90. The Morgan fingerprint density at radius 2 is 0.923 bits per heavy atom. The van der Waals surface area contributed by atoms with E-state index in [1.54, 1.807) is 25.6 Å². The Bertz CT molecular complexity index is 737. The van der Waals surface area contributed by atoms with Crippen molar-refractivity contribution in [3.05, 3.63) is 72.8 Å². The standard InChI is InChI=1S/C20H18O2S3.CH4/c1-13(2)19(21)24-17-9-5-15(6-10-17)23-16-7-11-18(12-8-16)25-20(22)14(3)4;/h5-12H,1,3H2,2,4H3;1H4. The van der Waals surface area contributed by atoms with E-state index in [1.165, 1.54) is 23.5 Å². The van der Waals surface area contributed by atoms with Crippen LogP contribution in [0.3, 0.4) is 0 Å². The summed E-state index contributed by atoms with van der Waals surface area (Å²) >= 11 is 4.01. The predicted molar refractivity (Wildman–Crippen MR) is 115 cm³/mol. The van der Waals surface area contributed by atoms with Crippen molar-refractivity contribution < 1.29 is 9.59 Å². The van der Waals surface area contributed by atoms with Crippen LogP contribution in [0.1, 0.15) is 21.3 Å². The number of rotatable bonds is 6. The van der Waals surface area contributed by atoms with E-state index in [4.69, 9.17) is 0 Å². The quantitative estimate of drug-likeness (QED) is 0.389. The summed E-state index contributed by atoms with van der Waals surface area (Å²) in [5, 5.41) is -0.0319. The van der Waals surface area contributed by atoms with Gasteiger partial charge in [0.25, 0.3) is 0 Å². The number of hydrogen-bond acceptors (Lipinski definition) is 5. The molecule has 26 heavy (non-hydrogen) atoms. The van der Waals surface area contributed by atoms with Crippen LogP contribution in [0.4, 0.5) is 0 Å². The van der Waals surface area contributed by atoms with Crippen LogP contribution in [0.2, 0.25) is 0 Å². The van der Waals surface area contributed by atoms with E-state index in [2.05, 4.69) is 13.2 Å². The Hall–Kier alpha value is -1.69. The van der Waals surface area contributed by atoms with Gasteiger partial charge in [-0.2, -0.15) is 0 Å². The van der Waals surface area contributed by atoms with E-state index in [1.807, 2.05) is 48.5 Å². The van der Waals surface area contributed by atoms with Crippen molar-refractivity contribution in [2.24, 2.45) is 0 Å². The first-order valence-electron chi connectivity index (χ1n) is 7.48. The molecule has 136 valence electrons. The van der Waals surface area contributed by atoms with Gasteiger partial charge in [-0.15, -0.1) is 0 Å². The van der Waals surface area contributed by atoms with Gasteiger partial charge in [0, 0.05) is 19.6 Å². The van der Waals surface area contributed by atoms with Crippen LogP contribution in [0, 0.1) is 0 Å². The normalized spacial score (nSPS) is 9.92. The Labute approximate surface area is 168 Å². The molecule has 0 saturated carbocycles. The molecule has 5 heteroatoms. The van der Waals surface area contributed by atoms with E-state index < -0.39 is 0 Å². The first kappa shape index (κ1) is 22.4. The van der Waals surface area contributed by atoms with Gasteiger partial charge in [-0.1, -0.05) is 32.3 Å². The van der Waals surface area contributed by atoms with E-state index in [0.717, 1.165) is 19.6 Å². The van der Waals surface area contributed by atoms with Crippen molar-refractivity contribution in [2.45, 2.75) is 40.9 Å². The monoisotopic (exact) mass is 402 g/mol. The molecule has 0 aliphatic heterocycles. The van der Waals surface area contributed by atoms with Gasteiger partial charge in [0.15, 0.2) is 0 Å². The maximum atomic E-state index is 11.7. The lowest BCUT2D eigenvalue weighted by atomic mass is 10.4. The molecule has 0 radical (unpaired) electrons. The molecule has 0 aromatic heterocycles. The largest absolute Gasteiger partial charge is 0.282 e. The number of benzene rings is 2. The van der Waals surface area contributed by atoms with Crippen LogP contribution in [0.25, 0.3) is 0 Å². The van der Waals surface area contributed by atoms with E-state index in [-0.39, 0.29) is 17.7 Å². The average molecular weight is 403 g/mol. The fourth-order valence-electron chi connectivity index (χ4n) is 1.68. The molecule has 0 atom stereocenters. The fraction of sp³-hybridized carbons (Fsp3) is 0.143. The van der Waals surface area contributed by atoms with Crippen molar-refractivity contribution in [1.82, 2.24) is 0 Å². The molecule has 2 aromatic carbocycles. The summed E-state index contributed by atoms with van der Waals surface area (Å²) in [6.07, 6.45) is 0. The number of hydrogen-bond donors (Lipinski definition) is 0. The van der Waals surface area contributed by atoms with E-state index >= 15 is 0 Å². The third kappa shape index (κ3) is 6.90. The molecule has 0 saturated heterocycles. The highest BCUT2D eigenvalue weighted by molar-refractivity contribution is 8.14. The van der Waals surface area contributed by atoms with Gasteiger partial charge in [-0.05, 0) is 97.0 Å². The molecule has 2 aromatic rings. The zero-order chi connectivity index (χ0) is 18.4. The highest BCUT2D eigenvalue weighted by Gasteiger charge is 2.07. The van der Waals surface area contributed by atoms with Gasteiger partial charge < -0.3 is 0 Å². The maximum absolute atomic E-state index is 11.7. The Kier molecular flexibility index (Phi) is 8.99. The van der Waals surface area contributed by atoms with Gasteiger partial charge in [0.1, 0.15) is 0 Å². The summed E-state index contributed by atoms with van der Waals surface area (Å²) in [6, 6.07) is 15.7. The van der Waals surface area contributed by atoms with E-state index in [0.29, 0.717) is 11.1 Å². The highest BCUT2D eigenvalue weighted by Crippen LogP contribution is 2.32. The topological polar surface area (TPSA) is 34.1 Å². The zero-order valence-electron chi connectivity index (χ0n) is 14.1. The van der Waals surface area contributed by atoms with Crippen LogP contribution in [-0.4, -0.2) is 10.2 Å². The smallest absolute Gasteiger partial charge is 0.219 e. The van der Waals surface area contributed by atoms with Crippen molar-refractivity contribution >= 4 is 45.5 Å².